The third-order valence-corrected chi connectivity index (χ3v) is 2.10. The van der Waals surface area contributed by atoms with E-state index in [-0.39, 0.29) is 5.91 Å². The van der Waals surface area contributed by atoms with Crippen LogP contribution in [0.4, 0.5) is 0 Å². The summed E-state index contributed by atoms with van der Waals surface area (Å²) in [4.78, 5) is 19.5. The van der Waals surface area contributed by atoms with Crippen LogP contribution in [0.2, 0.25) is 0 Å². The molecule has 0 unspecified atom stereocenters. The van der Waals surface area contributed by atoms with Gasteiger partial charge in [0, 0.05) is 31.3 Å². The maximum absolute atomic E-state index is 11.6. The number of carbonyl (C=O) groups is 1. The van der Waals surface area contributed by atoms with E-state index in [0.717, 1.165) is 5.56 Å². The van der Waals surface area contributed by atoms with Crippen molar-refractivity contribution in [1.29, 1.82) is 0 Å². The smallest absolute Gasteiger partial charge is 0.253 e. The van der Waals surface area contributed by atoms with Crippen molar-refractivity contribution in [3.8, 4) is 0 Å². The van der Waals surface area contributed by atoms with E-state index in [1.54, 1.807) is 36.9 Å². The van der Waals surface area contributed by atoms with Gasteiger partial charge in [-0.1, -0.05) is 33.8 Å². The molecule has 2 rings (SSSR count). The lowest BCUT2D eigenvalue weighted by molar-refractivity contribution is 0.0950. The summed E-state index contributed by atoms with van der Waals surface area (Å²) in [5.74, 6) is -0.128. The van der Waals surface area contributed by atoms with E-state index < -0.39 is 0 Å². The van der Waals surface area contributed by atoms with E-state index >= 15 is 0 Å². The zero-order chi connectivity index (χ0) is 15.2. The molecule has 108 valence electrons. The van der Waals surface area contributed by atoms with Gasteiger partial charge in [0.1, 0.15) is 0 Å². The molecule has 0 saturated carbocycles. The van der Waals surface area contributed by atoms with E-state index in [9.17, 15) is 4.79 Å². The van der Waals surface area contributed by atoms with Crippen LogP contribution in [0.15, 0.2) is 49.1 Å². The molecule has 2 aromatic heterocycles. The second-order valence-corrected chi connectivity index (χ2v) is 3.29. The summed E-state index contributed by atoms with van der Waals surface area (Å²) in [6, 6.07) is 7.21. The van der Waals surface area contributed by atoms with Gasteiger partial charge in [-0.25, -0.2) is 0 Å². The van der Waals surface area contributed by atoms with Crippen molar-refractivity contribution < 1.29 is 4.79 Å². The number of aromatic nitrogens is 2. The summed E-state index contributed by atoms with van der Waals surface area (Å²) < 4.78 is 0. The van der Waals surface area contributed by atoms with Gasteiger partial charge in [0.25, 0.3) is 5.91 Å². The number of nitrogens with zero attached hydrogens (tertiary/aromatic N) is 2. The SMILES string of the molecule is CC.CC.O=C(NCc1cccnc1)c1cccnc1. The molecule has 0 radical (unpaired) electrons. The molecule has 4 nitrogen and oxygen atoms in total. The van der Waals surface area contributed by atoms with Crippen LogP contribution in [-0.2, 0) is 6.54 Å². The van der Waals surface area contributed by atoms with Crippen LogP contribution in [0, 0.1) is 0 Å². The van der Waals surface area contributed by atoms with Gasteiger partial charge in [-0.3, -0.25) is 14.8 Å². The molecule has 0 bridgehead atoms. The first-order valence-electron chi connectivity index (χ1n) is 6.93. The second-order valence-electron chi connectivity index (χ2n) is 3.29. The standard InChI is InChI=1S/C12H11N3O.2C2H6/c16-12(11-4-2-6-14-9-11)15-8-10-3-1-5-13-7-10;2*1-2/h1-7,9H,8H2,(H,15,16);2*1-2H3. The van der Waals surface area contributed by atoms with Crippen LogP contribution >= 0.6 is 0 Å². The van der Waals surface area contributed by atoms with Crippen LogP contribution in [-0.4, -0.2) is 15.9 Å². The highest BCUT2D eigenvalue weighted by molar-refractivity contribution is 5.93. The van der Waals surface area contributed by atoms with Crippen molar-refractivity contribution in [2.75, 3.05) is 0 Å². The molecule has 2 aromatic rings. The van der Waals surface area contributed by atoms with Crippen LogP contribution in [0.1, 0.15) is 43.6 Å². The molecule has 1 amide bonds. The average molecular weight is 273 g/mol. The molecular formula is C16H23N3O. The molecule has 2 heterocycles. The molecule has 0 spiro atoms. The van der Waals surface area contributed by atoms with Crippen LogP contribution < -0.4 is 5.32 Å². The molecule has 0 fully saturated rings. The molecule has 0 aromatic carbocycles. The van der Waals surface area contributed by atoms with Crippen molar-refractivity contribution >= 4 is 5.91 Å². The molecule has 4 heteroatoms. The topological polar surface area (TPSA) is 54.9 Å². The van der Waals surface area contributed by atoms with Gasteiger partial charge in [0.2, 0.25) is 0 Å². The lowest BCUT2D eigenvalue weighted by Crippen LogP contribution is -2.22. The van der Waals surface area contributed by atoms with Gasteiger partial charge in [0.05, 0.1) is 5.56 Å². The van der Waals surface area contributed by atoms with Crippen molar-refractivity contribution in [2.24, 2.45) is 0 Å². The Hall–Kier alpha value is -2.23. The number of nitrogens with one attached hydrogen (secondary N) is 1. The largest absolute Gasteiger partial charge is 0.348 e. The quantitative estimate of drug-likeness (QED) is 0.931. The Balaban J connectivity index is 0.000000829. The van der Waals surface area contributed by atoms with E-state index in [1.807, 2.05) is 39.8 Å². The normalized spacial score (nSPS) is 8.40. The number of rotatable bonds is 3. The monoisotopic (exact) mass is 273 g/mol. The number of carbonyl (C=O) groups excluding carboxylic acids is 1. The second kappa shape index (κ2) is 11.8. The fraction of sp³-hybridized carbons (Fsp3) is 0.312. The Morgan fingerprint density at radius 2 is 1.60 bits per heavy atom. The lowest BCUT2D eigenvalue weighted by Gasteiger charge is -2.04. The van der Waals surface area contributed by atoms with Crippen LogP contribution in [0.3, 0.4) is 0 Å². The predicted molar refractivity (Wildman–Crippen MR) is 82.3 cm³/mol. The molecule has 0 atom stereocenters. The summed E-state index contributed by atoms with van der Waals surface area (Å²) in [5.41, 5.74) is 1.53. The first-order valence-corrected chi connectivity index (χ1v) is 6.93. The Kier molecular flexibility index (Phi) is 10.5. The molecule has 0 aliphatic rings. The summed E-state index contributed by atoms with van der Waals surface area (Å²) >= 11 is 0. The van der Waals surface area contributed by atoms with Crippen LogP contribution in [0.25, 0.3) is 0 Å². The minimum absolute atomic E-state index is 0.128. The fourth-order valence-corrected chi connectivity index (χ4v) is 1.28. The van der Waals surface area contributed by atoms with Crippen LogP contribution in [0.5, 0.6) is 0 Å². The number of hydrogen-bond acceptors (Lipinski definition) is 3. The predicted octanol–water partition coefficient (Wildman–Crippen LogP) is 3.46. The Morgan fingerprint density at radius 3 is 2.10 bits per heavy atom. The third kappa shape index (κ3) is 6.64. The van der Waals surface area contributed by atoms with Gasteiger partial charge in [-0.2, -0.15) is 0 Å². The van der Waals surface area contributed by atoms with Gasteiger partial charge in [-0.05, 0) is 23.8 Å². The highest BCUT2D eigenvalue weighted by Gasteiger charge is 2.03. The maximum Gasteiger partial charge on any atom is 0.253 e. The first-order chi connectivity index (χ1) is 9.86. The molecule has 1 N–H and O–H groups in total. The summed E-state index contributed by atoms with van der Waals surface area (Å²) in [5, 5.41) is 2.80. The molecular weight excluding hydrogens is 250 g/mol. The molecule has 0 aliphatic carbocycles. The summed E-state index contributed by atoms with van der Waals surface area (Å²) in [7, 11) is 0. The lowest BCUT2D eigenvalue weighted by atomic mass is 10.2. The zero-order valence-corrected chi connectivity index (χ0v) is 12.6. The molecule has 0 saturated heterocycles. The molecule has 0 aliphatic heterocycles. The van der Waals surface area contributed by atoms with Gasteiger partial charge >= 0.3 is 0 Å². The van der Waals surface area contributed by atoms with Crippen molar-refractivity contribution in [1.82, 2.24) is 15.3 Å². The van der Waals surface area contributed by atoms with E-state index in [0.29, 0.717) is 12.1 Å². The van der Waals surface area contributed by atoms with Crippen molar-refractivity contribution in [3.05, 3.63) is 60.2 Å². The van der Waals surface area contributed by atoms with E-state index in [2.05, 4.69) is 15.3 Å². The summed E-state index contributed by atoms with van der Waals surface area (Å²) in [6.07, 6.45) is 6.60. The minimum Gasteiger partial charge on any atom is -0.348 e. The highest BCUT2D eigenvalue weighted by atomic mass is 16.1. The summed E-state index contributed by atoms with van der Waals surface area (Å²) in [6.45, 7) is 8.47. The average Bonchev–Trinajstić information content (AvgIpc) is 2.58. The number of amides is 1. The zero-order valence-electron chi connectivity index (χ0n) is 12.6. The van der Waals surface area contributed by atoms with Gasteiger partial charge < -0.3 is 5.32 Å². The van der Waals surface area contributed by atoms with E-state index in [4.69, 9.17) is 0 Å². The highest BCUT2D eigenvalue weighted by Crippen LogP contribution is 1.98. The van der Waals surface area contributed by atoms with Crippen molar-refractivity contribution in [3.63, 3.8) is 0 Å². The third-order valence-electron chi connectivity index (χ3n) is 2.10. The maximum atomic E-state index is 11.6. The number of hydrogen-bond donors (Lipinski definition) is 1. The molecule has 20 heavy (non-hydrogen) atoms. The number of pyridine rings is 2. The first kappa shape index (κ1) is 17.8. The van der Waals surface area contributed by atoms with Gasteiger partial charge in [-0.15, -0.1) is 0 Å². The Morgan fingerprint density at radius 1 is 1.00 bits per heavy atom. The van der Waals surface area contributed by atoms with Gasteiger partial charge in [0.15, 0.2) is 0 Å². The van der Waals surface area contributed by atoms with E-state index in [1.165, 1.54) is 0 Å². The Labute approximate surface area is 121 Å². The Bertz CT molecular complexity index is 458. The fourth-order valence-electron chi connectivity index (χ4n) is 1.28. The minimum atomic E-state index is -0.128. The van der Waals surface area contributed by atoms with Crippen molar-refractivity contribution in [2.45, 2.75) is 34.2 Å².